The molecule has 4 nitrogen and oxygen atoms in total. The van der Waals surface area contributed by atoms with Gasteiger partial charge in [0.15, 0.2) is 0 Å². The van der Waals surface area contributed by atoms with Gasteiger partial charge in [-0.05, 0) is 67.7 Å². The summed E-state index contributed by atoms with van der Waals surface area (Å²) in [4.78, 5) is 2.21. The summed E-state index contributed by atoms with van der Waals surface area (Å²) in [5, 5.41) is 8.12. The van der Waals surface area contributed by atoms with Crippen molar-refractivity contribution >= 4 is 15.9 Å². The molecule has 1 aromatic heterocycles. The Kier molecular flexibility index (Phi) is 4.20. The number of rotatable bonds is 6. The lowest BCUT2D eigenvalue weighted by molar-refractivity contribution is 0.353. The maximum absolute atomic E-state index is 4.56. The predicted octanol–water partition coefficient (Wildman–Crippen LogP) is 2.51. The SMILES string of the molecule is CNC(c1c(Br)cnn1CCN(C)C)C1C2CCCC21. The molecule has 2 aliphatic carbocycles. The summed E-state index contributed by atoms with van der Waals surface area (Å²) in [6.07, 6.45) is 6.24. The summed E-state index contributed by atoms with van der Waals surface area (Å²) in [6, 6.07) is 0.448. The number of likely N-dealkylation sites (N-methyl/N-ethyl adjacent to an activating group) is 1. The minimum absolute atomic E-state index is 0.448. The van der Waals surface area contributed by atoms with Crippen LogP contribution in [0.3, 0.4) is 0 Å². The zero-order valence-electron chi connectivity index (χ0n) is 12.6. The number of fused-ring (bicyclic) bond motifs is 1. The lowest BCUT2D eigenvalue weighted by Crippen LogP contribution is -2.27. The van der Waals surface area contributed by atoms with E-state index in [9.17, 15) is 0 Å². The highest BCUT2D eigenvalue weighted by atomic mass is 79.9. The predicted molar refractivity (Wildman–Crippen MR) is 84.6 cm³/mol. The first-order valence-corrected chi connectivity index (χ1v) is 8.46. The first-order valence-electron chi connectivity index (χ1n) is 7.66. The molecular formula is C15H25BrN4. The fraction of sp³-hybridized carbons (Fsp3) is 0.800. The monoisotopic (exact) mass is 340 g/mol. The zero-order valence-corrected chi connectivity index (χ0v) is 14.2. The number of nitrogens with zero attached hydrogens (tertiary/aromatic N) is 3. The number of hydrogen-bond donors (Lipinski definition) is 1. The summed E-state index contributed by atoms with van der Waals surface area (Å²) in [6.45, 7) is 1.98. The van der Waals surface area contributed by atoms with E-state index in [0.717, 1.165) is 35.3 Å². The minimum atomic E-state index is 0.448. The van der Waals surface area contributed by atoms with Crippen molar-refractivity contribution in [1.29, 1.82) is 0 Å². The van der Waals surface area contributed by atoms with Gasteiger partial charge in [0.2, 0.25) is 0 Å². The van der Waals surface area contributed by atoms with Crippen LogP contribution in [0.5, 0.6) is 0 Å². The number of hydrogen-bond acceptors (Lipinski definition) is 3. The molecule has 0 spiro atoms. The summed E-state index contributed by atoms with van der Waals surface area (Å²) >= 11 is 3.70. The van der Waals surface area contributed by atoms with Gasteiger partial charge in [0.1, 0.15) is 0 Å². The van der Waals surface area contributed by atoms with E-state index in [2.05, 4.69) is 57.1 Å². The van der Waals surface area contributed by atoms with Gasteiger partial charge in [-0.1, -0.05) is 6.42 Å². The second kappa shape index (κ2) is 5.78. The van der Waals surface area contributed by atoms with Crippen molar-refractivity contribution in [2.24, 2.45) is 17.8 Å². The van der Waals surface area contributed by atoms with Crippen molar-refractivity contribution in [3.63, 3.8) is 0 Å². The largest absolute Gasteiger partial charge is 0.311 e. The van der Waals surface area contributed by atoms with E-state index in [1.807, 2.05) is 6.20 Å². The van der Waals surface area contributed by atoms with Crippen LogP contribution in [0.1, 0.15) is 31.0 Å². The Hall–Kier alpha value is -0.390. The Morgan fingerprint density at radius 2 is 2.15 bits per heavy atom. The van der Waals surface area contributed by atoms with Gasteiger partial charge in [0.05, 0.1) is 29.0 Å². The van der Waals surface area contributed by atoms with Gasteiger partial charge < -0.3 is 10.2 Å². The fourth-order valence-electron chi connectivity index (χ4n) is 4.04. The average Bonchev–Trinajstić information content (AvgIpc) is 2.77. The molecule has 3 atom stereocenters. The van der Waals surface area contributed by atoms with Gasteiger partial charge >= 0.3 is 0 Å². The standard InChI is InChI=1S/C15H25BrN4/c1-17-14(13-10-5-4-6-11(10)13)15-12(16)9-18-20(15)8-7-19(2)3/h9-11,13-14,17H,4-8H2,1-3H3. The van der Waals surface area contributed by atoms with Crippen molar-refractivity contribution < 1.29 is 0 Å². The molecule has 20 heavy (non-hydrogen) atoms. The van der Waals surface area contributed by atoms with Crippen LogP contribution in [-0.2, 0) is 6.54 Å². The van der Waals surface area contributed by atoms with E-state index in [4.69, 9.17) is 0 Å². The lowest BCUT2D eigenvalue weighted by Gasteiger charge is -2.21. The molecule has 3 unspecified atom stereocenters. The van der Waals surface area contributed by atoms with E-state index < -0.39 is 0 Å². The Balaban J connectivity index is 1.78. The molecule has 0 amide bonds. The molecule has 1 aromatic rings. The Bertz CT molecular complexity index is 460. The molecule has 2 fully saturated rings. The van der Waals surface area contributed by atoms with E-state index in [1.54, 1.807) is 0 Å². The zero-order chi connectivity index (χ0) is 14.3. The van der Waals surface area contributed by atoms with Crippen molar-refractivity contribution in [1.82, 2.24) is 20.0 Å². The van der Waals surface area contributed by atoms with Crippen molar-refractivity contribution in [2.45, 2.75) is 31.8 Å². The molecule has 3 rings (SSSR count). The summed E-state index contributed by atoms with van der Waals surface area (Å²) in [5.41, 5.74) is 1.34. The second-order valence-electron chi connectivity index (χ2n) is 6.51. The highest BCUT2D eigenvalue weighted by molar-refractivity contribution is 9.10. The smallest absolute Gasteiger partial charge is 0.0699 e. The van der Waals surface area contributed by atoms with Crippen LogP contribution in [0, 0.1) is 17.8 Å². The molecule has 1 N–H and O–H groups in total. The van der Waals surface area contributed by atoms with Crippen LogP contribution in [0.2, 0.25) is 0 Å². The highest BCUT2D eigenvalue weighted by Crippen LogP contribution is 2.62. The fourth-order valence-corrected chi connectivity index (χ4v) is 4.58. The molecule has 2 aliphatic rings. The van der Waals surface area contributed by atoms with Gasteiger partial charge in [0.25, 0.3) is 0 Å². The number of halogens is 1. The van der Waals surface area contributed by atoms with Gasteiger partial charge in [-0.25, -0.2) is 0 Å². The van der Waals surface area contributed by atoms with Crippen LogP contribution in [0.15, 0.2) is 10.7 Å². The Morgan fingerprint density at radius 1 is 1.45 bits per heavy atom. The molecule has 0 radical (unpaired) electrons. The van der Waals surface area contributed by atoms with Crippen LogP contribution in [0.25, 0.3) is 0 Å². The minimum Gasteiger partial charge on any atom is -0.311 e. The van der Waals surface area contributed by atoms with Crippen LogP contribution >= 0.6 is 15.9 Å². The third kappa shape index (κ3) is 2.55. The van der Waals surface area contributed by atoms with E-state index in [-0.39, 0.29) is 0 Å². The molecule has 1 heterocycles. The molecule has 0 saturated heterocycles. The van der Waals surface area contributed by atoms with Crippen molar-refractivity contribution in [3.8, 4) is 0 Å². The quantitative estimate of drug-likeness (QED) is 0.863. The molecule has 112 valence electrons. The normalized spacial score (nSPS) is 29.8. The first-order chi connectivity index (χ1) is 9.63. The Labute approximate surface area is 130 Å². The average molecular weight is 341 g/mol. The third-order valence-electron chi connectivity index (χ3n) is 5.06. The van der Waals surface area contributed by atoms with E-state index in [0.29, 0.717) is 6.04 Å². The number of aromatic nitrogens is 2. The summed E-state index contributed by atoms with van der Waals surface area (Å²) in [5.74, 6) is 2.73. The maximum Gasteiger partial charge on any atom is 0.0699 e. The van der Waals surface area contributed by atoms with Crippen molar-refractivity contribution in [2.75, 3.05) is 27.7 Å². The van der Waals surface area contributed by atoms with Gasteiger partial charge in [0, 0.05) is 6.54 Å². The number of nitrogens with one attached hydrogen (secondary N) is 1. The van der Waals surface area contributed by atoms with E-state index >= 15 is 0 Å². The van der Waals surface area contributed by atoms with Gasteiger partial charge in [-0.3, -0.25) is 4.68 Å². The van der Waals surface area contributed by atoms with E-state index in [1.165, 1.54) is 25.0 Å². The molecule has 5 heteroatoms. The van der Waals surface area contributed by atoms with Gasteiger partial charge in [-0.2, -0.15) is 5.10 Å². The third-order valence-corrected chi connectivity index (χ3v) is 5.67. The van der Waals surface area contributed by atoms with Crippen LogP contribution in [-0.4, -0.2) is 42.4 Å². The molecule has 2 saturated carbocycles. The molecule has 0 aromatic carbocycles. The molecule has 0 aliphatic heterocycles. The maximum atomic E-state index is 4.56. The van der Waals surface area contributed by atoms with Crippen LogP contribution < -0.4 is 5.32 Å². The first kappa shape index (κ1) is 14.5. The van der Waals surface area contributed by atoms with Gasteiger partial charge in [-0.15, -0.1) is 0 Å². The highest BCUT2D eigenvalue weighted by Gasteiger charge is 2.56. The Morgan fingerprint density at radius 3 is 2.75 bits per heavy atom. The lowest BCUT2D eigenvalue weighted by atomic mass is 10.0. The topological polar surface area (TPSA) is 33.1 Å². The molecular weight excluding hydrogens is 316 g/mol. The van der Waals surface area contributed by atoms with Crippen LogP contribution in [0.4, 0.5) is 0 Å². The van der Waals surface area contributed by atoms with Crippen molar-refractivity contribution in [3.05, 3.63) is 16.4 Å². The second-order valence-corrected chi connectivity index (χ2v) is 7.36. The summed E-state index contributed by atoms with van der Waals surface area (Å²) < 4.78 is 3.33. The summed E-state index contributed by atoms with van der Waals surface area (Å²) in [7, 11) is 6.31. The molecule has 0 bridgehead atoms.